The Labute approximate surface area is 131 Å². The molecule has 0 saturated heterocycles. The number of anilines is 1. The van der Waals surface area contributed by atoms with Gasteiger partial charge in [-0.2, -0.15) is 0 Å². The molecular formula is C15H15N3O3. The number of hydrogen-bond acceptors (Lipinski definition) is 5. The zero-order valence-corrected chi connectivity index (χ0v) is 10.7. The molecule has 108 valence electrons. The summed E-state index contributed by atoms with van der Waals surface area (Å²) in [6.45, 7) is -3.17. The number of benzene rings is 1. The normalized spacial score (nSPS) is 31.2. The Balaban J connectivity index is 2.58. The summed E-state index contributed by atoms with van der Waals surface area (Å²) in [6.07, 6.45) is -4.66. The van der Waals surface area contributed by atoms with Crippen LogP contribution < -0.4 is 11.3 Å². The van der Waals surface area contributed by atoms with Crippen molar-refractivity contribution in [2.45, 2.75) is 32.1 Å². The zero-order valence-electron chi connectivity index (χ0n) is 18.7. The summed E-state index contributed by atoms with van der Waals surface area (Å²) in [4.78, 5) is 41.3. The Morgan fingerprint density at radius 1 is 1.52 bits per heavy atom. The van der Waals surface area contributed by atoms with Gasteiger partial charge in [0.1, 0.15) is 11.6 Å². The average Bonchev–Trinajstić information content (AvgIpc) is 2.55. The fraction of sp³-hybridized carbons (Fsp3) is 0.333. The summed E-state index contributed by atoms with van der Waals surface area (Å²) in [5, 5.41) is -0.567. The minimum Gasteiger partial charge on any atom is -0.398 e. The van der Waals surface area contributed by atoms with Crippen LogP contribution in [0.25, 0.3) is 10.9 Å². The molecule has 0 radical (unpaired) electrons. The lowest BCUT2D eigenvalue weighted by molar-refractivity contribution is -0.132. The number of aromatic nitrogens is 2. The van der Waals surface area contributed by atoms with Gasteiger partial charge in [0.2, 0.25) is 0 Å². The first-order chi connectivity index (χ1) is 13.1. The van der Waals surface area contributed by atoms with Gasteiger partial charge in [0.15, 0.2) is 5.78 Å². The van der Waals surface area contributed by atoms with E-state index in [1.165, 1.54) is 0 Å². The molecule has 1 aromatic heterocycles. The maximum Gasteiger partial charge on any atom is 0.264 e. The molecule has 2 aromatic rings. The molecule has 1 aliphatic carbocycles. The summed E-state index contributed by atoms with van der Waals surface area (Å²) in [6, 6.07) is -3.05. The van der Waals surface area contributed by atoms with Crippen molar-refractivity contribution in [3.05, 3.63) is 34.3 Å². The Kier molecular flexibility index (Phi) is 1.59. The first-order valence-electron chi connectivity index (χ1n) is 10.0. The highest BCUT2D eigenvalue weighted by atomic mass is 16.2. The Bertz CT molecular complexity index is 1140. The van der Waals surface area contributed by atoms with Gasteiger partial charge >= 0.3 is 0 Å². The monoisotopic (exact) mass is 293 g/mol. The van der Waals surface area contributed by atoms with Crippen molar-refractivity contribution in [3.8, 4) is 0 Å². The number of carbonyl (C=O) groups excluding carboxylic acids is 2. The topological polar surface area (TPSA) is 95.0 Å². The molecule has 1 fully saturated rings. The molecule has 3 rings (SSSR count). The number of hydrogen-bond donors (Lipinski definition) is 1. The van der Waals surface area contributed by atoms with Gasteiger partial charge in [-0.3, -0.25) is 19.0 Å². The van der Waals surface area contributed by atoms with Crippen molar-refractivity contribution in [3.63, 3.8) is 0 Å². The SMILES string of the molecule is [2H]c1cc([2H])c2nc(C([2H])([2H])[2H])n(C3([2H])C(=O)CC(=O)CC3([2H])[2H])c(=O)c2c1N. The summed E-state index contributed by atoms with van der Waals surface area (Å²) >= 11 is 0. The third-order valence-electron chi connectivity index (χ3n) is 3.09. The summed E-state index contributed by atoms with van der Waals surface area (Å²) in [5.41, 5.74) is 3.50. The molecule has 2 N–H and O–H groups in total. The van der Waals surface area contributed by atoms with Crippen molar-refractivity contribution in [1.29, 1.82) is 0 Å². The minimum atomic E-state index is -3.17. The molecule has 1 aliphatic rings. The van der Waals surface area contributed by atoms with Crippen LogP contribution in [0.4, 0.5) is 5.69 Å². The van der Waals surface area contributed by atoms with Crippen LogP contribution in [0.1, 0.15) is 42.0 Å². The lowest BCUT2D eigenvalue weighted by Crippen LogP contribution is -2.36. The van der Waals surface area contributed by atoms with Gasteiger partial charge in [-0.05, 0) is 25.3 Å². The molecule has 1 saturated carbocycles. The Hall–Kier alpha value is -2.50. The van der Waals surface area contributed by atoms with E-state index in [1.807, 2.05) is 0 Å². The van der Waals surface area contributed by atoms with E-state index < -0.39 is 83.7 Å². The molecule has 21 heavy (non-hydrogen) atoms. The molecule has 6 heteroatoms. The highest BCUT2D eigenvalue weighted by Crippen LogP contribution is 2.24. The van der Waals surface area contributed by atoms with E-state index in [4.69, 9.17) is 16.7 Å². The number of carbonyl (C=O) groups is 2. The largest absolute Gasteiger partial charge is 0.398 e. The third-order valence-corrected chi connectivity index (χ3v) is 3.09. The van der Waals surface area contributed by atoms with E-state index in [-0.39, 0.29) is 4.57 Å². The molecule has 0 amide bonds. The van der Waals surface area contributed by atoms with Gasteiger partial charge in [-0.15, -0.1) is 0 Å². The van der Waals surface area contributed by atoms with Crippen LogP contribution in [0.2, 0.25) is 0 Å². The van der Waals surface area contributed by atoms with E-state index in [0.717, 1.165) is 6.07 Å². The highest BCUT2D eigenvalue weighted by molar-refractivity contribution is 6.03. The molecule has 1 unspecified atom stereocenters. The lowest BCUT2D eigenvalue weighted by atomic mass is 9.92. The molecule has 1 heterocycles. The van der Waals surface area contributed by atoms with E-state index in [2.05, 4.69) is 4.98 Å². The first-order valence-corrected chi connectivity index (χ1v) is 6.01. The number of nitrogens with zero attached hydrogens (tertiary/aromatic N) is 2. The maximum absolute atomic E-state index is 13.2. The standard InChI is InChI=1S/C15H15N3O3/c1-8-17-11-4-2-3-10(16)14(11)15(21)18(8)12-6-5-9(19)7-13(12)20/h2-4,12H,5-7,16H2,1H3/i1D3,3D,4D,6D2,12D. The molecule has 0 bridgehead atoms. The molecule has 6 nitrogen and oxygen atoms in total. The molecule has 1 aromatic carbocycles. The number of nitrogen functional groups attached to an aromatic ring is 1. The van der Waals surface area contributed by atoms with Crippen LogP contribution in [-0.4, -0.2) is 21.1 Å². The van der Waals surface area contributed by atoms with Crippen LogP contribution >= 0.6 is 0 Å². The van der Waals surface area contributed by atoms with Crippen molar-refractivity contribution < 1.29 is 20.6 Å². The molecule has 0 aliphatic heterocycles. The quantitative estimate of drug-likeness (QED) is 0.628. The fourth-order valence-corrected chi connectivity index (χ4v) is 2.14. The summed E-state index contributed by atoms with van der Waals surface area (Å²) < 4.78 is 63.5. The smallest absolute Gasteiger partial charge is 0.264 e. The van der Waals surface area contributed by atoms with Crippen LogP contribution in [0.3, 0.4) is 0 Å². The molecule has 0 spiro atoms. The Morgan fingerprint density at radius 2 is 2.33 bits per heavy atom. The third kappa shape index (κ3) is 2.12. The predicted molar refractivity (Wildman–Crippen MR) is 78.1 cm³/mol. The average molecular weight is 293 g/mol. The number of aryl methyl sites for hydroxylation is 1. The van der Waals surface area contributed by atoms with Crippen molar-refractivity contribution in [1.82, 2.24) is 9.55 Å². The van der Waals surface area contributed by atoms with Gasteiger partial charge < -0.3 is 5.73 Å². The van der Waals surface area contributed by atoms with Crippen molar-refractivity contribution in [2.24, 2.45) is 0 Å². The van der Waals surface area contributed by atoms with Crippen LogP contribution in [-0.2, 0) is 9.59 Å². The number of nitrogens with two attached hydrogens (primary N) is 1. The van der Waals surface area contributed by atoms with Crippen molar-refractivity contribution >= 4 is 28.2 Å². The second-order valence-corrected chi connectivity index (χ2v) is 4.49. The fourth-order valence-electron chi connectivity index (χ4n) is 2.14. The van der Waals surface area contributed by atoms with Crippen LogP contribution in [0.5, 0.6) is 0 Å². The predicted octanol–water partition coefficient (Wildman–Crippen LogP) is 1.15. The number of Topliss-reactive ketones (excluding diaryl/α,β-unsaturated/α-hetero) is 2. The van der Waals surface area contributed by atoms with E-state index in [0.29, 0.717) is 0 Å². The van der Waals surface area contributed by atoms with E-state index in [1.54, 1.807) is 0 Å². The second-order valence-electron chi connectivity index (χ2n) is 4.49. The second kappa shape index (κ2) is 4.80. The zero-order chi connectivity index (χ0) is 22.1. The highest BCUT2D eigenvalue weighted by Gasteiger charge is 2.30. The summed E-state index contributed by atoms with van der Waals surface area (Å²) in [5.74, 6) is -3.18. The number of ketones is 2. The minimum absolute atomic E-state index is 0.104. The van der Waals surface area contributed by atoms with Crippen molar-refractivity contribution in [2.75, 3.05) is 5.73 Å². The van der Waals surface area contributed by atoms with Crippen LogP contribution in [0, 0.1) is 6.85 Å². The van der Waals surface area contributed by atoms with Crippen LogP contribution in [0.15, 0.2) is 22.9 Å². The van der Waals surface area contributed by atoms with E-state index in [9.17, 15) is 14.4 Å². The van der Waals surface area contributed by atoms with E-state index >= 15 is 0 Å². The number of rotatable bonds is 1. The lowest BCUT2D eigenvalue weighted by Gasteiger charge is -2.24. The molecular weight excluding hydrogens is 270 g/mol. The molecule has 1 atom stereocenters. The van der Waals surface area contributed by atoms with Gasteiger partial charge in [0.05, 0.1) is 27.5 Å². The van der Waals surface area contributed by atoms with Gasteiger partial charge in [0, 0.05) is 19.0 Å². The van der Waals surface area contributed by atoms with Gasteiger partial charge in [-0.1, -0.05) is 6.07 Å². The number of fused-ring (bicyclic) bond motifs is 1. The van der Waals surface area contributed by atoms with Gasteiger partial charge in [-0.25, -0.2) is 4.98 Å². The maximum atomic E-state index is 13.2. The Morgan fingerprint density at radius 3 is 3.05 bits per heavy atom. The summed E-state index contributed by atoms with van der Waals surface area (Å²) in [7, 11) is 0. The van der Waals surface area contributed by atoms with Gasteiger partial charge in [0.25, 0.3) is 5.56 Å². The first kappa shape index (κ1) is 6.98.